The average Bonchev–Trinajstić information content (AvgIpc) is 3.00. The highest BCUT2D eigenvalue weighted by Gasteiger charge is 2.73. The van der Waals surface area contributed by atoms with Gasteiger partial charge in [0.15, 0.2) is 5.54 Å². The second-order valence-corrected chi connectivity index (χ2v) is 8.77. The molecule has 1 saturated carbocycles. The summed E-state index contributed by atoms with van der Waals surface area (Å²) >= 11 is -1.27. The first kappa shape index (κ1) is 18.9. The number of rotatable bonds is 6. The van der Waals surface area contributed by atoms with E-state index in [-0.39, 0.29) is 11.8 Å². The lowest BCUT2D eigenvalue weighted by Gasteiger charge is -2.27. The average molecular weight is 418 g/mol. The summed E-state index contributed by atoms with van der Waals surface area (Å²) < 4.78 is 25.2. The number of carboxylic acid groups (broad SMARTS) is 1. The summed E-state index contributed by atoms with van der Waals surface area (Å²) in [4.78, 5) is 12.4. The molecule has 9 heteroatoms. The van der Waals surface area contributed by atoms with Crippen LogP contribution in [0.3, 0.4) is 0 Å². The van der Waals surface area contributed by atoms with E-state index in [0.29, 0.717) is 5.00 Å². The maximum absolute atomic E-state index is 12.4. The third kappa shape index (κ3) is 2.78. The molecule has 4 unspecified atom stereocenters. The van der Waals surface area contributed by atoms with Crippen LogP contribution in [0.1, 0.15) is 24.0 Å². The van der Waals surface area contributed by atoms with E-state index in [9.17, 15) is 18.7 Å². The third-order valence-corrected chi connectivity index (χ3v) is 7.25. The molecule has 4 rings (SSSR count). The molecule has 2 heterocycles. The van der Waals surface area contributed by atoms with Gasteiger partial charge in [-0.3, -0.25) is 4.55 Å². The van der Waals surface area contributed by atoms with Gasteiger partial charge in [-0.15, -0.1) is 0 Å². The Morgan fingerprint density at radius 2 is 2.00 bits per heavy atom. The van der Waals surface area contributed by atoms with Crippen molar-refractivity contribution >= 4 is 33.6 Å². The zero-order chi connectivity index (χ0) is 20.1. The number of thiophene rings is 1. The fraction of sp³-hybridized carbons (Fsp3) is 0.263. The predicted octanol–water partition coefficient (Wildman–Crippen LogP) is 3.44. The van der Waals surface area contributed by atoms with E-state index in [1.807, 2.05) is 43.5 Å². The quantitative estimate of drug-likeness (QED) is 0.599. The van der Waals surface area contributed by atoms with Crippen LogP contribution in [-0.2, 0) is 16.1 Å². The Labute approximate surface area is 168 Å². The highest BCUT2D eigenvalue weighted by atomic mass is 32.2. The molecule has 1 fully saturated rings. The SMILES string of the molecule is Cc1cnn(-c2ccc(N(S(=O)O)C3(C(=O)O)C(C)C3c3ccccc3)s2)c1. The lowest BCUT2D eigenvalue weighted by molar-refractivity contribution is -0.139. The van der Waals surface area contributed by atoms with Gasteiger partial charge in [0.25, 0.3) is 11.3 Å². The van der Waals surface area contributed by atoms with Crippen molar-refractivity contribution < 1.29 is 18.7 Å². The number of hydrogen-bond acceptors (Lipinski definition) is 4. The minimum atomic E-state index is -2.50. The summed E-state index contributed by atoms with van der Waals surface area (Å²) in [6, 6.07) is 12.7. The first-order valence-corrected chi connectivity index (χ1v) is 10.6. The number of aliphatic carboxylic acids is 1. The van der Waals surface area contributed by atoms with Gasteiger partial charge in [-0.25, -0.2) is 18.0 Å². The van der Waals surface area contributed by atoms with Crippen molar-refractivity contribution in [3.8, 4) is 5.00 Å². The van der Waals surface area contributed by atoms with Crippen LogP contribution in [0, 0.1) is 12.8 Å². The number of benzene rings is 1. The normalized spacial score (nSPS) is 24.7. The van der Waals surface area contributed by atoms with E-state index in [0.717, 1.165) is 20.4 Å². The largest absolute Gasteiger partial charge is 0.479 e. The summed E-state index contributed by atoms with van der Waals surface area (Å²) in [6.07, 6.45) is 3.56. The van der Waals surface area contributed by atoms with Crippen LogP contribution in [0.5, 0.6) is 0 Å². The van der Waals surface area contributed by atoms with Gasteiger partial charge >= 0.3 is 5.97 Å². The maximum atomic E-state index is 12.4. The molecule has 1 aliphatic carbocycles. The minimum absolute atomic E-state index is 0.332. The molecule has 1 aliphatic rings. The predicted molar refractivity (Wildman–Crippen MR) is 108 cm³/mol. The molecular weight excluding hydrogens is 398 g/mol. The Kier molecular flexibility index (Phi) is 4.60. The van der Waals surface area contributed by atoms with Crippen LogP contribution < -0.4 is 4.31 Å². The topological polar surface area (TPSA) is 95.7 Å². The Hall–Kier alpha value is -2.49. The number of aryl methyl sites for hydroxylation is 1. The molecule has 2 N–H and O–H groups in total. The Morgan fingerprint density at radius 3 is 2.57 bits per heavy atom. The van der Waals surface area contributed by atoms with Crippen molar-refractivity contribution in [2.75, 3.05) is 4.31 Å². The minimum Gasteiger partial charge on any atom is -0.479 e. The van der Waals surface area contributed by atoms with E-state index in [2.05, 4.69) is 5.10 Å². The second-order valence-electron chi connectivity index (χ2n) is 6.91. The molecule has 3 aromatic rings. The molecule has 1 aromatic carbocycles. The molecule has 146 valence electrons. The molecule has 0 radical (unpaired) electrons. The first-order valence-electron chi connectivity index (χ1n) is 8.68. The monoisotopic (exact) mass is 417 g/mol. The number of aromatic nitrogens is 2. The van der Waals surface area contributed by atoms with Crippen LogP contribution in [-0.4, -0.2) is 35.2 Å². The Bertz CT molecular complexity index is 1050. The van der Waals surface area contributed by atoms with Gasteiger partial charge in [-0.2, -0.15) is 5.10 Å². The van der Waals surface area contributed by atoms with Crippen molar-refractivity contribution in [2.24, 2.45) is 5.92 Å². The zero-order valence-electron chi connectivity index (χ0n) is 15.2. The van der Waals surface area contributed by atoms with Crippen LogP contribution in [0.15, 0.2) is 54.9 Å². The van der Waals surface area contributed by atoms with Crippen LogP contribution in [0.4, 0.5) is 5.00 Å². The number of hydrogen-bond donors (Lipinski definition) is 2. The standard InChI is InChI=1S/C19H19N3O4S2/c1-12-10-20-21(11-12)15-8-9-16(27-15)22(28(25)26)19(18(23)24)13(2)17(19)14-6-4-3-5-7-14/h3-11,13,17H,1-2H3,(H,23,24)(H,25,26). The number of carboxylic acids is 1. The lowest BCUT2D eigenvalue weighted by Crippen LogP contribution is -2.47. The molecule has 0 amide bonds. The van der Waals surface area contributed by atoms with Crippen LogP contribution in [0.25, 0.3) is 5.00 Å². The summed E-state index contributed by atoms with van der Waals surface area (Å²) in [5, 5.41) is 15.5. The highest BCUT2D eigenvalue weighted by molar-refractivity contribution is 7.81. The molecule has 0 spiro atoms. The fourth-order valence-electron chi connectivity index (χ4n) is 3.94. The van der Waals surface area contributed by atoms with E-state index in [4.69, 9.17) is 0 Å². The molecule has 0 aliphatic heterocycles. The van der Waals surface area contributed by atoms with Crippen LogP contribution in [0.2, 0.25) is 0 Å². The third-order valence-electron chi connectivity index (χ3n) is 5.27. The molecule has 4 atom stereocenters. The van der Waals surface area contributed by atoms with Crippen molar-refractivity contribution in [3.63, 3.8) is 0 Å². The summed E-state index contributed by atoms with van der Waals surface area (Å²) in [6.45, 7) is 3.72. The maximum Gasteiger partial charge on any atom is 0.331 e. The van der Waals surface area contributed by atoms with Gasteiger partial charge in [0.1, 0.15) is 10.0 Å². The molecule has 0 bridgehead atoms. The Morgan fingerprint density at radius 1 is 1.29 bits per heavy atom. The summed E-state index contributed by atoms with van der Waals surface area (Å²) in [5.41, 5.74) is 0.343. The number of carbonyl (C=O) groups is 1. The van der Waals surface area contributed by atoms with Crippen molar-refractivity contribution in [2.45, 2.75) is 25.3 Å². The molecular formula is C19H19N3O4S2. The lowest BCUT2D eigenvalue weighted by atomic mass is 10.1. The number of nitrogens with zero attached hydrogens (tertiary/aromatic N) is 3. The van der Waals surface area contributed by atoms with Crippen molar-refractivity contribution in [1.82, 2.24) is 9.78 Å². The van der Waals surface area contributed by atoms with E-state index in [1.54, 1.807) is 29.9 Å². The zero-order valence-corrected chi connectivity index (χ0v) is 16.9. The van der Waals surface area contributed by atoms with Crippen molar-refractivity contribution in [3.05, 3.63) is 66.0 Å². The Balaban J connectivity index is 1.78. The summed E-state index contributed by atoms with van der Waals surface area (Å²) in [5.74, 6) is -1.83. The number of anilines is 1. The highest BCUT2D eigenvalue weighted by Crippen LogP contribution is 2.62. The molecule has 2 aromatic heterocycles. The van der Waals surface area contributed by atoms with Gasteiger partial charge in [-0.1, -0.05) is 48.6 Å². The summed E-state index contributed by atoms with van der Waals surface area (Å²) in [7, 11) is 0. The van der Waals surface area contributed by atoms with Gasteiger partial charge in [0, 0.05) is 18.0 Å². The smallest absolute Gasteiger partial charge is 0.331 e. The second kappa shape index (κ2) is 6.84. The van der Waals surface area contributed by atoms with Crippen molar-refractivity contribution in [1.29, 1.82) is 0 Å². The van der Waals surface area contributed by atoms with Crippen LogP contribution >= 0.6 is 11.3 Å². The molecule has 0 saturated heterocycles. The molecule has 7 nitrogen and oxygen atoms in total. The van der Waals surface area contributed by atoms with E-state index < -0.39 is 22.8 Å². The van der Waals surface area contributed by atoms with Gasteiger partial charge in [0.2, 0.25) is 0 Å². The molecule has 28 heavy (non-hydrogen) atoms. The van der Waals surface area contributed by atoms with E-state index >= 15 is 0 Å². The van der Waals surface area contributed by atoms with Gasteiger partial charge < -0.3 is 5.11 Å². The van der Waals surface area contributed by atoms with E-state index in [1.165, 1.54) is 11.3 Å². The fourth-order valence-corrected chi connectivity index (χ4v) is 5.99. The van der Waals surface area contributed by atoms with Gasteiger partial charge in [-0.05, 0) is 30.2 Å². The van der Waals surface area contributed by atoms with Gasteiger partial charge in [0.05, 0.1) is 6.20 Å². The first-order chi connectivity index (χ1) is 13.4.